The predicted octanol–water partition coefficient (Wildman–Crippen LogP) is 2.47. The van der Waals surface area contributed by atoms with E-state index in [-0.39, 0.29) is 11.7 Å². The molecule has 0 saturated carbocycles. The van der Waals surface area contributed by atoms with Crippen molar-refractivity contribution in [3.05, 3.63) is 27.9 Å². The van der Waals surface area contributed by atoms with E-state index in [0.717, 1.165) is 18.2 Å². The first-order chi connectivity index (χ1) is 9.01. The molecule has 6 nitrogen and oxygen atoms in total. The second-order valence-electron chi connectivity index (χ2n) is 4.35. The molecule has 0 aliphatic heterocycles. The van der Waals surface area contributed by atoms with Gasteiger partial charge in [-0.2, -0.15) is 0 Å². The predicted molar refractivity (Wildman–Crippen MR) is 76.6 cm³/mol. The monoisotopic (exact) mass is 331 g/mol. The lowest BCUT2D eigenvalue weighted by Gasteiger charge is -2.13. The molecule has 106 valence electrons. The van der Waals surface area contributed by atoms with Gasteiger partial charge in [0, 0.05) is 17.9 Å². The highest BCUT2D eigenvalue weighted by Gasteiger charge is 2.20. The Morgan fingerprint density at radius 2 is 2.26 bits per heavy atom. The van der Waals surface area contributed by atoms with Crippen LogP contribution in [0, 0.1) is 16.0 Å². The van der Waals surface area contributed by atoms with Crippen LogP contribution in [-0.4, -0.2) is 27.3 Å². The Morgan fingerprint density at radius 3 is 2.74 bits per heavy atom. The van der Waals surface area contributed by atoms with Crippen LogP contribution in [0.4, 0.5) is 5.82 Å². The van der Waals surface area contributed by atoms with Gasteiger partial charge in [0.1, 0.15) is 0 Å². The normalized spacial score (nSPS) is 12.2. The topological polar surface area (TPSA) is 77.2 Å². The lowest BCUT2D eigenvalue weighted by molar-refractivity contribution is -0.391. The fraction of sp³-hybridized carbons (Fsp3) is 0.583. The molecule has 1 atom stereocenters. The number of nitro groups is 1. The van der Waals surface area contributed by atoms with Crippen molar-refractivity contribution in [3.63, 3.8) is 0 Å². The van der Waals surface area contributed by atoms with Gasteiger partial charge in [0.2, 0.25) is 0 Å². The SMILES string of the molecule is CCC(CCBr)CNC(=O)c1ccc([N+](=O)[O-])n1C. The van der Waals surface area contributed by atoms with Gasteiger partial charge < -0.3 is 15.4 Å². The second kappa shape index (κ2) is 7.28. The molecule has 0 saturated heterocycles. The summed E-state index contributed by atoms with van der Waals surface area (Å²) >= 11 is 3.38. The first-order valence-corrected chi connectivity index (χ1v) is 7.27. The molecule has 1 heterocycles. The second-order valence-corrected chi connectivity index (χ2v) is 5.15. The van der Waals surface area contributed by atoms with Gasteiger partial charge in [0.15, 0.2) is 5.69 Å². The quantitative estimate of drug-likeness (QED) is 0.473. The molecule has 0 aromatic carbocycles. The van der Waals surface area contributed by atoms with Crippen LogP contribution in [0.15, 0.2) is 12.1 Å². The lowest BCUT2D eigenvalue weighted by Crippen LogP contribution is -2.30. The van der Waals surface area contributed by atoms with Crippen LogP contribution in [0.25, 0.3) is 0 Å². The molecule has 0 fully saturated rings. The van der Waals surface area contributed by atoms with Crippen LogP contribution in [0.2, 0.25) is 0 Å². The smallest absolute Gasteiger partial charge is 0.323 e. The van der Waals surface area contributed by atoms with Crippen LogP contribution >= 0.6 is 15.9 Å². The summed E-state index contributed by atoms with van der Waals surface area (Å²) in [6, 6.07) is 2.81. The van der Waals surface area contributed by atoms with Crippen molar-refractivity contribution >= 4 is 27.7 Å². The molecule has 1 N–H and O–H groups in total. The summed E-state index contributed by atoms with van der Waals surface area (Å²) in [6.45, 7) is 2.66. The Hall–Kier alpha value is -1.37. The molecular formula is C12H18BrN3O3. The summed E-state index contributed by atoms with van der Waals surface area (Å²) in [4.78, 5) is 22.2. The number of carbonyl (C=O) groups is 1. The third-order valence-electron chi connectivity index (χ3n) is 3.16. The first kappa shape index (κ1) is 15.7. The van der Waals surface area contributed by atoms with Crippen molar-refractivity contribution in [3.8, 4) is 0 Å². The molecule has 1 unspecified atom stereocenters. The van der Waals surface area contributed by atoms with Crippen molar-refractivity contribution in [2.45, 2.75) is 19.8 Å². The van der Waals surface area contributed by atoms with Gasteiger partial charge in [-0.1, -0.05) is 29.3 Å². The maximum absolute atomic E-state index is 12.0. The van der Waals surface area contributed by atoms with Crippen molar-refractivity contribution < 1.29 is 9.72 Å². The number of rotatable bonds is 7. The van der Waals surface area contributed by atoms with E-state index >= 15 is 0 Å². The molecule has 19 heavy (non-hydrogen) atoms. The van der Waals surface area contributed by atoms with Crippen LogP contribution in [0.5, 0.6) is 0 Å². The Labute approximate surface area is 120 Å². The molecule has 1 aromatic rings. The van der Waals surface area contributed by atoms with Crippen LogP contribution in [0.3, 0.4) is 0 Å². The maximum atomic E-state index is 12.0. The zero-order valence-electron chi connectivity index (χ0n) is 11.1. The highest BCUT2D eigenvalue weighted by Crippen LogP contribution is 2.15. The third-order valence-corrected chi connectivity index (χ3v) is 3.62. The number of carbonyl (C=O) groups excluding carboxylic acids is 1. The van der Waals surface area contributed by atoms with Gasteiger partial charge >= 0.3 is 5.82 Å². The number of aromatic nitrogens is 1. The van der Waals surface area contributed by atoms with Crippen molar-refractivity contribution in [1.29, 1.82) is 0 Å². The number of hydrogen-bond donors (Lipinski definition) is 1. The number of alkyl halides is 1. The zero-order valence-corrected chi connectivity index (χ0v) is 12.6. The van der Waals surface area contributed by atoms with Crippen LogP contribution < -0.4 is 5.32 Å². The Bertz CT molecular complexity index is 459. The van der Waals surface area contributed by atoms with E-state index in [4.69, 9.17) is 0 Å². The van der Waals surface area contributed by atoms with Crippen molar-refractivity contribution in [2.24, 2.45) is 13.0 Å². The summed E-state index contributed by atoms with van der Waals surface area (Å²) in [5.74, 6) is 0.0554. The number of nitrogens with zero attached hydrogens (tertiary/aromatic N) is 2. The van der Waals surface area contributed by atoms with Gasteiger partial charge in [-0.25, -0.2) is 4.57 Å². The van der Waals surface area contributed by atoms with E-state index in [1.807, 2.05) is 0 Å². The fourth-order valence-corrected chi connectivity index (χ4v) is 2.49. The van der Waals surface area contributed by atoms with E-state index in [0.29, 0.717) is 18.2 Å². The number of nitrogens with one attached hydrogen (secondary N) is 1. The summed E-state index contributed by atoms with van der Waals surface area (Å²) in [5.41, 5.74) is 0.306. The van der Waals surface area contributed by atoms with Crippen molar-refractivity contribution in [1.82, 2.24) is 9.88 Å². The van der Waals surface area contributed by atoms with E-state index in [1.165, 1.54) is 23.7 Å². The maximum Gasteiger partial charge on any atom is 0.323 e. The number of hydrogen-bond acceptors (Lipinski definition) is 3. The molecule has 0 bridgehead atoms. The molecule has 1 rings (SSSR count). The third kappa shape index (κ3) is 4.05. The lowest BCUT2D eigenvalue weighted by atomic mass is 10.0. The molecule has 1 aromatic heterocycles. The number of amides is 1. The van der Waals surface area contributed by atoms with Gasteiger partial charge in [-0.05, 0) is 23.3 Å². The van der Waals surface area contributed by atoms with Crippen LogP contribution in [0.1, 0.15) is 30.3 Å². The Morgan fingerprint density at radius 1 is 1.58 bits per heavy atom. The molecule has 7 heteroatoms. The molecular weight excluding hydrogens is 314 g/mol. The molecule has 1 amide bonds. The average molecular weight is 332 g/mol. The van der Waals surface area contributed by atoms with Crippen LogP contribution in [-0.2, 0) is 7.05 Å². The van der Waals surface area contributed by atoms with E-state index in [1.54, 1.807) is 0 Å². The summed E-state index contributed by atoms with van der Waals surface area (Å²) in [5, 5.41) is 14.4. The Balaban J connectivity index is 2.66. The fourth-order valence-electron chi connectivity index (χ4n) is 1.84. The minimum Gasteiger partial charge on any atom is -0.358 e. The van der Waals surface area contributed by atoms with E-state index in [9.17, 15) is 14.9 Å². The standard InChI is InChI=1S/C12H18BrN3O3/c1-3-9(6-7-13)8-14-12(17)10-4-5-11(15(10)2)16(18)19/h4-5,9H,3,6-8H2,1-2H3,(H,14,17). The highest BCUT2D eigenvalue weighted by atomic mass is 79.9. The molecule has 0 aliphatic carbocycles. The summed E-state index contributed by atoms with van der Waals surface area (Å²) in [7, 11) is 1.52. The van der Waals surface area contributed by atoms with E-state index in [2.05, 4.69) is 28.2 Å². The Kier molecular flexibility index (Phi) is 6.01. The zero-order chi connectivity index (χ0) is 14.4. The minimum absolute atomic E-state index is 0.0855. The summed E-state index contributed by atoms with van der Waals surface area (Å²) in [6.07, 6.45) is 1.98. The van der Waals surface area contributed by atoms with E-state index < -0.39 is 4.92 Å². The molecule has 0 aliphatic rings. The highest BCUT2D eigenvalue weighted by molar-refractivity contribution is 9.09. The number of halogens is 1. The largest absolute Gasteiger partial charge is 0.358 e. The first-order valence-electron chi connectivity index (χ1n) is 6.15. The van der Waals surface area contributed by atoms with Gasteiger partial charge in [0.05, 0.1) is 7.05 Å². The molecule has 0 radical (unpaired) electrons. The minimum atomic E-state index is -0.504. The average Bonchev–Trinajstić information content (AvgIpc) is 2.76. The summed E-state index contributed by atoms with van der Waals surface area (Å²) < 4.78 is 1.29. The van der Waals surface area contributed by atoms with Gasteiger partial charge in [-0.3, -0.25) is 4.79 Å². The van der Waals surface area contributed by atoms with Crippen molar-refractivity contribution in [2.75, 3.05) is 11.9 Å². The van der Waals surface area contributed by atoms with Gasteiger partial charge in [0.25, 0.3) is 5.91 Å². The van der Waals surface area contributed by atoms with Gasteiger partial charge in [-0.15, -0.1) is 0 Å². The molecule has 0 spiro atoms.